The van der Waals surface area contributed by atoms with Crippen molar-refractivity contribution in [3.63, 3.8) is 0 Å². The Morgan fingerprint density at radius 1 is 1.33 bits per heavy atom. The molecular weight excluding hydrogens is 362 g/mol. The minimum Gasteiger partial charge on any atom is -0.377 e. The van der Waals surface area contributed by atoms with Gasteiger partial charge in [-0.1, -0.05) is 36.5 Å². The topological polar surface area (TPSA) is 80.2 Å². The molecule has 1 aromatic carbocycles. The maximum atomic E-state index is 13.2. The lowest BCUT2D eigenvalue weighted by atomic mass is 9.95. The number of methoxy groups -OCH3 is 1. The molecule has 1 amide bonds. The van der Waals surface area contributed by atoms with E-state index in [4.69, 9.17) is 9.72 Å². The summed E-state index contributed by atoms with van der Waals surface area (Å²) >= 11 is 1.32. The van der Waals surface area contributed by atoms with Crippen LogP contribution in [0.4, 0.5) is 5.13 Å². The van der Waals surface area contributed by atoms with Crippen LogP contribution in [0, 0.1) is 0 Å². The molecule has 0 saturated heterocycles. The highest BCUT2D eigenvalue weighted by Gasteiger charge is 2.25. The number of hydrogen-bond acceptors (Lipinski definition) is 7. The number of benzene rings is 1. The Balaban J connectivity index is 1.75. The Morgan fingerprint density at radius 2 is 2.19 bits per heavy atom. The van der Waals surface area contributed by atoms with Gasteiger partial charge in [-0.15, -0.1) is 10.2 Å². The number of hydrogen-bond donors (Lipinski definition) is 1. The van der Waals surface area contributed by atoms with Crippen LogP contribution in [0.2, 0.25) is 0 Å². The minimum absolute atomic E-state index is 0.164. The zero-order chi connectivity index (χ0) is 18.8. The molecule has 0 spiro atoms. The third-order valence-electron chi connectivity index (χ3n) is 4.75. The van der Waals surface area contributed by atoms with E-state index in [9.17, 15) is 4.79 Å². The van der Waals surface area contributed by atoms with Crippen LogP contribution in [0.25, 0.3) is 10.9 Å². The molecule has 4 rings (SSSR count). The minimum atomic E-state index is -0.164. The van der Waals surface area contributed by atoms with Crippen LogP contribution in [0.15, 0.2) is 24.3 Å². The van der Waals surface area contributed by atoms with E-state index in [0.717, 1.165) is 53.2 Å². The van der Waals surface area contributed by atoms with Gasteiger partial charge in [0, 0.05) is 43.3 Å². The Morgan fingerprint density at radius 3 is 3.00 bits per heavy atom. The SMILES string of the molecule is CCN1CCc2nc3ccccc3c(C(=O)Nc3nnc(COC)s3)c2C1. The van der Waals surface area contributed by atoms with Gasteiger partial charge in [-0.2, -0.15) is 0 Å². The van der Waals surface area contributed by atoms with Gasteiger partial charge in [-0.05, 0) is 12.6 Å². The van der Waals surface area contributed by atoms with Crippen molar-refractivity contribution >= 4 is 33.3 Å². The first-order chi connectivity index (χ1) is 13.2. The van der Waals surface area contributed by atoms with Crippen LogP contribution in [-0.2, 0) is 24.3 Å². The highest BCUT2D eigenvalue weighted by Crippen LogP contribution is 2.29. The maximum Gasteiger partial charge on any atom is 0.258 e. The highest BCUT2D eigenvalue weighted by atomic mass is 32.1. The van der Waals surface area contributed by atoms with Crippen LogP contribution in [0.1, 0.15) is 33.5 Å². The Labute approximate surface area is 161 Å². The predicted octanol–water partition coefficient (Wildman–Crippen LogP) is 2.86. The number of fused-ring (bicyclic) bond motifs is 2. The van der Waals surface area contributed by atoms with Gasteiger partial charge < -0.3 is 4.74 Å². The second kappa shape index (κ2) is 7.67. The maximum absolute atomic E-state index is 13.2. The number of likely N-dealkylation sites (N-methyl/N-ethyl adjacent to an activating group) is 1. The zero-order valence-electron chi connectivity index (χ0n) is 15.4. The van der Waals surface area contributed by atoms with Gasteiger partial charge in [0.2, 0.25) is 5.13 Å². The van der Waals surface area contributed by atoms with E-state index >= 15 is 0 Å². The summed E-state index contributed by atoms with van der Waals surface area (Å²) < 4.78 is 5.07. The molecule has 0 bridgehead atoms. The second-order valence-corrected chi connectivity index (χ2v) is 7.50. The van der Waals surface area contributed by atoms with E-state index in [1.54, 1.807) is 7.11 Å². The third kappa shape index (κ3) is 3.55. The van der Waals surface area contributed by atoms with Crippen molar-refractivity contribution in [1.82, 2.24) is 20.1 Å². The van der Waals surface area contributed by atoms with Crippen LogP contribution < -0.4 is 5.32 Å². The summed E-state index contributed by atoms with van der Waals surface area (Å²) in [4.78, 5) is 20.4. The number of pyridine rings is 1. The molecule has 1 aliphatic heterocycles. The number of aromatic nitrogens is 3. The molecule has 27 heavy (non-hydrogen) atoms. The first kappa shape index (κ1) is 18.0. The van der Waals surface area contributed by atoms with Crippen molar-refractivity contribution in [2.75, 3.05) is 25.5 Å². The van der Waals surface area contributed by atoms with Gasteiger partial charge in [0.1, 0.15) is 11.6 Å². The first-order valence-corrected chi connectivity index (χ1v) is 9.76. The molecule has 0 fully saturated rings. The van der Waals surface area contributed by atoms with Crippen molar-refractivity contribution in [3.05, 3.63) is 46.1 Å². The molecule has 140 valence electrons. The quantitative estimate of drug-likeness (QED) is 0.730. The van der Waals surface area contributed by atoms with Crippen LogP contribution in [-0.4, -0.2) is 46.2 Å². The number of carbonyl (C=O) groups excluding carboxylic acids is 1. The summed E-state index contributed by atoms with van der Waals surface area (Å²) in [5.41, 5.74) is 3.57. The number of anilines is 1. The fourth-order valence-corrected chi connectivity index (χ4v) is 4.13. The molecule has 3 aromatic rings. The molecule has 8 heteroatoms. The number of para-hydroxylation sites is 1. The van der Waals surface area contributed by atoms with Gasteiger partial charge in [0.15, 0.2) is 0 Å². The normalized spacial score (nSPS) is 14.3. The van der Waals surface area contributed by atoms with Crippen molar-refractivity contribution < 1.29 is 9.53 Å². The summed E-state index contributed by atoms with van der Waals surface area (Å²) in [6.07, 6.45) is 0.852. The average Bonchev–Trinajstić information content (AvgIpc) is 3.12. The number of nitrogens with one attached hydrogen (secondary N) is 1. The number of carbonyl (C=O) groups is 1. The second-order valence-electron chi connectivity index (χ2n) is 6.44. The number of ether oxygens (including phenoxy) is 1. The summed E-state index contributed by atoms with van der Waals surface area (Å²) in [6.45, 7) is 5.17. The molecule has 0 atom stereocenters. The zero-order valence-corrected chi connectivity index (χ0v) is 16.2. The molecule has 0 radical (unpaired) electrons. The van der Waals surface area contributed by atoms with Crippen LogP contribution >= 0.6 is 11.3 Å². The van der Waals surface area contributed by atoms with Gasteiger partial charge in [0.25, 0.3) is 5.91 Å². The van der Waals surface area contributed by atoms with Crippen molar-refractivity contribution in [1.29, 1.82) is 0 Å². The van der Waals surface area contributed by atoms with Crippen LogP contribution in [0.5, 0.6) is 0 Å². The lowest BCUT2D eigenvalue weighted by molar-refractivity contribution is 0.102. The molecule has 0 unspecified atom stereocenters. The summed E-state index contributed by atoms with van der Waals surface area (Å²) in [5, 5.41) is 13.1. The van der Waals surface area contributed by atoms with Crippen LogP contribution in [0.3, 0.4) is 0 Å². The molecule has 3 heterocycles. The largest absolute Gasteiger partial charge is 0.377 e. The monoisotopic (exact) mass is 383 g/mol. The van der Waals surface area contributed by atoms with Crippen molar-refractivity contribution in [2.45, 2.75) is 26.5 Å². The number of nitrogens with zero attached hydrogens (tertiary/aromatic N) is 4. The van der Waals surface area contributed by atoms with E-state index in [1.165, 1.54) is 11.3 Å². The predicted molar refractivity (Wildman–Crippen MR) is 105 cm³/mol. The van der Waals surface area contributed by atoms with E-state index < -0.39 is 0 Å². The fourth-order valence-electron chi connectivity index (χ4n) is 3.42. The van der Waals surface area contributed by atoms with Gasteiger partial charge in [0.05, 0.1) is 11.1 Å². The molecule has 0 aliphatic carbocycles. The van der Waals surface area contributed by atoms with Gasteiger partial charge >= 0.3 is 0 Å². The standard InChI is InChI=1S/C19H21N5O2S/c1-3-24-9-8-15-13(10-24)17(12-6-4-5-7-14(12)20-15)18(25)21-19-23-22-16(27-19)11-26-2/h4-7H,3,8-11H2,1-2H3,(H,21,23,25). The smallest absolute Gasteiger partial charge is 0.258 e. The fraction of sp³-hybridized carbons (Fsp3) is 0.368. The molecule has 7 nitrogen and oxygen atoms in total. The van der Waals surface area contributed by atoms with E-state index in [0.29, 0.717) is 17.3 Å². The molecule has 1 N–H and O–H groups in total. The number of rotatable bonds is 5. The number of amides is 1. The lowest BCUT2D eigenvalue weighted by Crippen LogP contribution is -2.33. The van der Waals surface area contributed by atoms with Crippen molar-refractivity contribution in [2.24, 2.45) is 0 Å². The van der Waals surface area contributed by atoms with Gasteiger partial charge in [-0.3, -0.25) is 20.0 Å². The molecule has 2 aromatic heterocycles. The summed E-state index contributed by atoms with van der Waals surface area (Å²) in [5.74, 6) is -0.164. The van der Waals surface area contributed by atoms with E-state index in [-0.39, 0.29) is 5.91 Å². The highest BCUT2D eigenvalue weighted by molar-refractivity contribution is 7.15. The third-order valence-corrected chi connectivity index (χ3v) is 5.57. The van der Waals surface area contributed by atoms with Gasteiger partial charge in [-0.25, -0.2) is 0 Å². The van der Waals surface area contributed by atoms with E-state index in [2.05, 4.69) is 27.3 Å². The van der Waals surface area contributed by atoms with Crippen molar-refractivity contribution in [3.8, 4) is 0 Å². The Kier molecular flexibility index (Phi) is 5.11. The molecule has 0 saturated carbocycles. The Hall–Kier alpha value is -2.42. The first-order valence-electron chi connectivity index (χ1n) is 8.95. The molecule has 1 aliphatic rings. The lowest BCUT2D eigenvalue weighted by Gasteiger charge is -2.29. The Bertz CT molecular complexity index is 987. The average molecular weight is 383 g/mol. The summed E-state index contributed by atoms with van der Waals surface area (Å²) in [6, 6.07) is 7.81. The van der Waals surface area contributed by atoms with E-state index in [1.807, 2.05) is 24.3 Å². The summed E-state index contributed by atoms with van der Waals surface area (Å²) in [7, 11) is 1.61. The molecular formula is C19H21N5O2S.